The highest BCUT2D eigenvalue weighted by atomic mass is 16.5. The number of hydrogen-bond donors (Lipinski definition) is 1. The van der Waals surface area contributed by atoms with Crippen molar-refractivity contribution < 1.29 is 19.4 Å². The summed E-state index contributed by atoms with van der Waals surface area (Å²) >= 11 is 0. The minimum absolute atomic E-state index is 0.0518. The third kappa shape index (κ3) is 3.25. The number of carboxylic acid groups (broad SMARTS) is 1. The molecule has 3 rings (SSSR count). The summed E-state index contributed by atoms with van der Waals surface area (Å²) in [6.07, 6.45) is 0.0518. The molecule has 1 heterocycles. The van der Waals surface area contributed by atoms with Crippen LogP contribution in [0.4, 0.5) is 5.69 Å². The van der Waals surface area contributed by atoms with E-state index in [4.69, 9.17) is 9.84 Å². The van der Waals surface area contributed by atoms with Gasteiger partial charge in [-0.2, -0.15) is 0 Å². The van der Waals surface area contributed by atoms with E-state index < -0.39 is 11.9 Å². The molecule has 24 heavy (non-hydrogen) atoms. The maximum Gasteiger partial charge on any atom is 0.308 e. The normalized spacial score (nSPS) is 17.2. The van der Waals surface area contributed by atoms with E-state index in [1.54, 1.807) is 24.3 Å². The van der Waals surface area contributed by atoms with Crippen LogP contribution in [0.1, 0.15) is 17.5 Å². The molecule has 1 fully saturated rings. The second kappa shape index (κ2) is 6.35. The summed E-state index contributed by atoms with van der Waals surface area (Å²) in [4.78, 5) is 24.5. The van der Waals surface area contributed by atoms with Crippen LogP contribution in [-0.2, 0) is 9.59 Å². The number of hydrogen-bond acceptors (Lipinski definition) is 3. The van der Waals surface area contributed by atoms with E-state index in [-0.39, 0.29) is 18.9 Å². The van der Waals surface area contributed by atoms with Gasteiger partial charge in [-0.1, -0.05) is 6.07 Å². The molecule has 1 aliphatic rings. The molecule has 1 aliphatic heterocycles. The van der Waals surface area contributed by atoms with E-state index in [9.17, 15) is 9.59 Å². The monoisotopic (exact) mass is 325 g/mol. The van der Waals surface area contributed by atoms with Gasteiger partial charge in [0.15, 0.2) is 0 Å². The number of carbonyl (C=O) groups is 2. The topological polar surface area (TPSA) is 66.8 Å². The molecule has 1 N–H and O–H groups in total. The third-order valence-electron chi connectivity index (χ3n) is 4.34. The van der Waals surface area contributed by atoms with Crippen molar-refractivity contribution >= 4 is 17.6 Å². The van der Waals surface area contributed by atoms with E-state index >= 15 is 0 Å². The molecule has 1 amide bonds. The maximum absolute atomic E-state index is 12.0. The van der Waals surface area contributed by atoms with Gasteiger partial charge in [0.25, 0.3) is 0 Å². The molecule has 1 unspecified atom stereocenters. The lowest BCUT2D eigenvalue weighted by molar-refractivity contribution is -0.141. The molecule has 1 saturated heterocycles. The van der Waals surface area contributed by atoms with Crippen LogP contribution in [0, 0.1) is 19.8 Å². The van der Waals surface area contributed by atoms with E-state index in [0.29, 0.717) is 11.4 Å². The van der Waals surface area contributed by atoms with Crippen molar-refractivity contribution in [2.45, 2.75) is 20.3 Å². The molecule has 2 aromatic rings. The molecule has 5 nitrogen and oxygen atoms in total. The molecule has 2 aromatic carbocycles. The molecule has 0 radical (unpaired) electrons. The summed E-state index contributed by atoms with van der Waals surface area (Å²) in [5.41, 5.74) is 3.06. The number of rotatable bonds is 4. The average Bonchev–Trinajstić information content (AvgIpc) is 2.94. The maximum atomic E-state index is 12.0. The quantitative estimate of drug-likeness (QED) is 0.934. The molecular weight excluding hydrogens is 306 g/mol. The molecule has 0 spiro atoms. The summed E-state index contributed by atoms with van der Waals surface area (Å²) in [5.74, 6) is -0.299. The van der Waals surface area contributed by atoms with Crippen molar-refractivity contribution in [1.29, 1.82) is 0 Å². The molecule has 0 bridgehead atoms. The lowest BCUT2D eigenvalue weighted by Crippen LogP contribution is -2.25. The smallest absolute Gasteiger partial charge is 0.308 e. The fraction of sp³-hybridized carbons (Fsp3) is 0.263. The van der Waals surface area contributed by atoms with Crippen molar-refractivity contribution in [2.24, 2.45) is 5.92 Å². The predicted molar refractivity (Wildman–Crippen MR) is 90.5 cm³/mol. The number of amides is 1. The lowest BCUT2D eigenvalue weighted by atomic mass is 10.1. The number of carbonyl (C=O) groups excluding carboxylic acids is 1. The zero-order valence-electron chi connectivity index (χ0n) is 13.7. The number of anilines is 1. The van der Waals surface area contributed by atoms with Gasteiger partial charge in [-0.25, -0.2) is 0 Å². The molecular formula is C19H19NO4. The fourth-order valence-electron chi connectivity index (χ4n) is 2.73. The number of benzene rings is 2. The summed E-state index contributed by atoms with van der Waals surface area (Å²) in [6.45, 7) is 4.29. The van der Waals surface area contributed by atoms with Gasteiger partial charge in [0, 0.05) is 18.7 Å². The van der Waals surface area contributed by atoms with Gasteiger partial charge in [0.05, 0.1) is 5.92 Å². The van der Waals surface area contributed by atoms with Gasteiger partial charge in [0.1, 0.15) is 11.5 Å². The number of ether oxygens (including phenoxy) is 1. The number of nitrogens with zero attached hydrogens (tertiary/aromatic N) is 1. The predicted octanol–water partition coefficient (Wildman–Crippen LogP) is 3.53. The zero-order valence-corrected chi connectivity index (χ0v) is 13.7. The Kier molecular flexibility index (Phi) is 4.25. The summed E-state index contributed by atoms with van der Waals surface area (Å²) < 4.78 is 5.82. The van der Waals surface area contributed by atoms with Crippen LogP contribution in [0.25, 0.3) is 0 Å². The number of carboxylic acids is 1. The van der Waals surface area contributed by atoms with E-state index in [1.807, 2.05) is 32.0 Å². The molecule has 0 saturated carbocycles. The van der Waals surface area contributed by atoms with Gasteiger partial charge in [-0.15, -0.1) is 0 Å². The van der Waals surface area contributed by atoms with Crippen LogP contribution in [0.5, 0.6) is 11.5 Å². The standard InChI is InChI=1S/C19H19NO4/c1-12-3-6-17(9-13(12)2)24-16-7-4-15(5-8-16)20-11-14(19(22)23)10-18(20)21/h3-9,14H,10-11H2,1-2H3,(H,22,23). The molecule has 0 aromatic heterocycles. The van der Waals surface area contributed by atoms with Crippen molar-refractivity contribution in [3.63, 3.8) is 0 Å². The molecule has 1 atom stereocenters. The first-order valence-electron chi connectivity index (χ1n) is 7.82. The number of aliphatic carboxylic acids is 1. The Bertz CT molecular complexity index is 782. The van der Waals surface area contributed by atoms with Crippen molar-refractivity contribution in [3.8, 4) is 11.5 Å². The summed E-state index contributed by atoms with van der Waals surface area (Å²) in [5, 5.41) is 9.05. The van der Waals surface area contributed by atoms with E-state index in [1.165, 1.54) is 10.5 Å². The minimum Gasteiger partial charge on any atom is -0.481 e. The molecule has 5 heteroatoms. The van der Waals surface area contributed by atoms with Crippen molar-refractivity contribution in [1.82, 2.24) is 0 Å². The molecule has 124 valence electrons. The van der Waals surface area contributed by atoms with Crippen molar-refractivity contribution in [3.05, 3.63) is 53.6 Å². The third-order valence-corrected chi connectivity index (χ3v) is 4.34. The van der Waals surface area contributed by atoms with Gasteiger partial charge in [0.2, 0.25) is 5.91 Å². The Morgan fingerprint density at radius 2 is 1.75 bits per heavy atom. The Morgan fingerprint density at radius 1 is 1.08 bits per heavy atom. The Balaban J connectivity index is 1.72. The van der Waals surface area contributed by atoms with Crippen LogP contribution in [0.15, 0.2) is 42.5 Å². The largest absolute Gasteiger partial charge is 0.481 e. The van der Waals surface area contributed by atoms with E-state index in [2.05, 4.69) is 0 Å². The van der Waals surface area contributed by atoms with E-state index in [0.717, 1.165) is 11.3 Å². The van der Waals surface area contributed by atoms with Gasteiger partial charge in [-0.05, 0) is 61.4 Å². The highest BCUT2D eigenvalue weighted by molar-refractivity contribution is 5.99. The summed E-state index contributed by atoms with van der Waals surface area (Å²) in [6, 6.07) is 13.0. The fourth-order valence-corrected chi connectivity index (χ4v) is 2.73. The van der Waals surface area contributed by atoms with Gasteiger partial charge >= 0.3 is 5.97 Å². The van der Waals surface area contributed by atoms with Crippen LogP contribution >= 0.6 is 0 Å². The highest BCUT2D eigenvalue weighted by Gasteiger charge is 2.34. The second-order valence-electron chi connectivity index (χ2n) is 6.09. The Hall–Kier alpha value is -2.82. The first-order chi connectivity index (χ1) is 11.4. The molecule has 0 aliphatic carbocycles. The van der Waals surface area contributed by atoms with Gasteiger partial charge in [-0.3, -0.25) is 9.59 Å². The SMILES string of the molecule is Cc1ccc(Oc2ccc(N3CC(C(=O)O)CC3=O)cc2)cc1C. The first-order valence-corrected chi connectivity index (χ1v) is 7.82. The average molecular weight is 325 g/mol. The second-order valence-corrected chi connectivity index (χ2v) is 6.09. The minimum atomic E-state index is -0.930. The highest BCUT2D eigenvalue weighted by Crippen LogP contribution is 2.29. The zero-order chi connectivity index (χ0) is 17.3. The van der Waals surface area contributed by atoms with Gasteiger partial charge < -0.3 is 14.7 Å². The number of aryl methyl sites for hydroxylation is 2. The summed E-state index contributed by atoms with van der Waals surface area (Å²) in [7, 11) is 0. The lowest BCUT2D eigenvalue weighted by Gasteiger charge is -2.16. The first kappa shape index (κ1) is 16.1. The van der Waals surface area contributed by atoms with Crippen LogP contribution in [0.3, 0.4) is 0 Å². The Labute approximate surface area is 140 Å². The van der Waals surface area contributed by atoms with Crippen LogP contribution < -0.4 is 9.64 Å². The van der Waals surface area contributed by atoms with Crippen molar-refractivity contribution in [2.75, 3.05) is 11.4 Å². The van der Waals surface area contributed by atoms with Crippen LogP contribution in [0.2, 0.25) is 0 Å². The van der Waals surface area contributed by atoms with Crippen LogP contribution in [-0.4, -0.2) is 23.5 Å². The Morgan fingerprint density at radius 3 is 2.33 bits per heavy atom.